The van der Waals surface area contributed by atoms with Crippen molar-refractivity contribution >= 4 is 35.6 Å². The Balaban J connectivity index is 1.86. The molecular formula is C30H34O2Si. The van der Waals surface area contributed by atoms with Crippen molar-refractivity contribution in [1.82, 2.24) is 0 Å². The van der Waals surface area contributed by atoms with E-state index in [0.29, 0.717) is 0 Å². The number of hydrogen-bond donors (Lipinski definition) is 0. The molecule has 0 aromatic heterocycles. The first kappa shape index (κ1) is 23.3. The summed E-state index contributed by atoms with van der Waals surface area (Å²) in [6.07, 6.45) is -0.450. The lowest BCUT2D eigenvalue weighted by molar-refractivity contribution is -0.147. The number of ether oxygens (including phenoxy) is 1. The van der Waals surface area contributed by atoms with Gasteiger partial charge in [-0.15, -0.1) is 0 Å². The van der Waals surface area contributed by atoms with Gasteiger partial charge in [-0.05, 0) is 21.5 Å². The highest BCUT2D eigenvalue weighted by Crippen LogP contribution is 2.39. The summed E-state index contributed by atoms with van der Waals surface area (Å²) in [5.74, 6) is -0.0573. The highest BCUT2D eigenvalue weighted by molar-refractivity contribution is 6.83. The fourth-order valence-electron chi connectivity index (χ4n) is 5.39. The SMILES string of the molecule is CC[Si](CC)(CC)[C@H](C)C(=O)OC(c1cccc2ccccc12)c1cccc2ccccc12. The zero-order valence-corrected chi connectivity index (χ0v) is 21.2. The minimum Gasteiger partial charge on any atom is -0.453 e. The van der Waals surface area contributed by atoms with E-state index in [-0.39, 0.29) is 11.5 Å². The number of carbonyl (C=O) groups excluding carboxylic acids is 1. The monoisotopic (exact) mass is 454 g/mol. The number of carbonyl (C=O) groups is 1. The van der Waals surface area contributed by atoms with Gasteiger partial charge in [-0.3, -0.25) is 4.79 Å². The second-order valence-electron chi connectivity index (χ2n) is 9.10. The van der Waals surface area contributed by atoms with Crippen molar-refractivity contribution in [3.05, 3.63) is 96.1 Å². The first-order valence-electron chi connectivity index (χ1n) is 12.2. The smallest absolute Gasteiger partial charge is 0.306 e. The highest BCUT2D eigenvalue weighted by Gasteiger charge is 2.40. The van der Waals surface area contributed by atoms with Gasteiger partial charge in [-0.2, -0.15) is 0 Å². The van der Waals surface area contributed by atoms with Gasteiger partial charge in [-0.25, -0.2) is 0 Å². The van der Waals surface area contributed by atoms with Gasteiger partial charge in [0.25, 0.3) is 0 Å². The van der Waals surface area contributed by atoms with Crippen molar-refractivity contribution in [1.29, 1.82) is 0 Å². The van der Waals surface area contributed by atoms with Crippen LogP contribution in [0.5, 0.6) is 0 Å². The summed E-state index contributed by atoms with van der Waals surface area (Å²) < 4.78 is 6.51. The van der Waals surface area contributed by atoms with Crippen LogP contribution in [0, 0.1) is 0 Å². The number of rotatable bonds is 8. The first-order valence-corrected chi connectivity index (χ1v) is 14.9. The average molecular weight is 455 g/mol. The predicted molar refractivity (Wildman–Crippen MR) is 142 cm³/mol. The van der Waals surface area contributed by atoms with Gasteiger partial charge < -0.3 is 4.74 Å². The number of esters is 1. The molecule has 0 bridgehead atoms. The predicted octanol–water partition coefficient (Wildman–Crippen LogP) is 8.52. The molecule has 0 radical (unpaired) electrons. The Bertz CT molecular complexity index is 1160. The number of fused-ring (bicyclic) bond motifs is 2. The summed E-state index contributed by atoms with van der Waals surface area (Å²) >= 11 is 0. The summed E-state index contributed by atoms with van der Waals surface area (Å²) in [6, 6.07) is 32.6. The molecule has 33 heavy (non-hydrogen) atoms. The van der Waals surface area contributed by atoms with E-state index in [1.807, 2.05) is 0 Å². The average Bonchev–Trinajstić information content (AvgIpc) is 2.88. The Kier molecular flexibility index (Phi) is 6.99. The van der Waals surface area contributed by atoms with Crippen LogP contribution in [-0.4, -0.2) is 14.0 Å². The summed E-state index contributed by atoms with van der Waals surface area (Å²) in [4.78, 5) is 13.7. The van der Waals surface area contributed by atoms with Gasteiger partial charge in [0.15, 0.2) is 6.10 Å². The van der Waals surface area contributed by atoms with Crippen molar-refractivity contribution in [2.24, 2.45) is 0 Å². The lowest BCUT2D eigenvalue weighted by Gasteiger charge is -2.34. The fourth-order valence-corrected chi connectivity index (χ4v) is 9.29. The maximum atomic E-state index is 13.7. The third-order valence-electron chi connectivity index (χ3n) is 7.83. The topological polar surface area (TPSA) is 26.3 Å². The van der Waals surface area contributed by atoms with E-state index < -0.39 is 14.2 Å². The van der Waals surface area contributed by atoms with Crippen molar-refractivity contribution in [2.75, 3.05) is 0 Å². The van der Waals surface area contributed by atoms with Crippen LogP contribution in [0.25, 0.3) is 21.5 Å². The molecule has 0 heterocycles. The van der Waals surface area contributed by atoms with E-state index in [1.165, 1.54) is 0 Å². The van der Waals surface area contributed by atoms with Crippen LogP contribution in [0.3, 0.4) is 0 Å². The molecule has 2 nitrogen and oxygen atoms in total. The minimum absolute atomic E-state index is 0.0371. The molecule has 0 amide bonds. The lowest BCUT2D eigenvalue weighted by Crippen LogP contribution is -2.41. The molecule has 170 valence electrons. The zero-order chi connectivity index (χ0) is 23.4. The molecule has 0 aliphatic carbocycles. The molecule has 3 heteroatoms. The van der Waals surface area contributed by atoms with Crippen LogP contribution in [0.4, 0.5) is 0 Å². The molecule has 4 rings (SSSR count). The Labute approximate surface area is 198 Å². The molecule has 0 saturated carbocycles. The Morgan fingerprint density at radius 3 is 1.58 bits per heavy atom. The van der Waals surface area contributed by atoms with Crippen LogP contribution >= 0.6 is 0 Å². The summed E-state index contributed by atoms with van der Waals surface area (Å²) in [7, 11) is -1.73. The van der Waals surface area contributed by atoms with Crippen LogP contribution in [0.2, 0.25) is 23.7 Å². The first-order chi connectivity index (χ1) is 16.0. The molecule has 0 N–H and O–H groups in total. The van der Waals surface area contributed by atoms with E-state index in [4.69, 9.17) is 4.74 Å². The van der Waals surface area contributed by atoms with Crippen molar-refractivity contribution in [2.45, 2.75) is 57.5 Å². The molecule has 1 atom stereocenters. The quantitative estimate of drug-likeness (QED) is 0.197. The van der Waals surface area contributed by atoms with E-state index in [2.05, 4.69) is 113 Å². The van der Waals surface area contributed by atoms with E-state index in [0.717, 1.165) is 50.8 Å². The molecule has 0 spiro atoms. The van der Waals surface area contributed by atoms with Crippen LogP contribution in [0.15, 0.2) is 84.9 Å². The molecule has 0 saturated heterocycles. The number of hydrogen-bond acceptors (Lipinski definition) is 2. The summed E-state index contributed by atoms with van der Waals surface area (Å²) in [5.41, 5.74) is 2.05. The Hall–Kier alpha value is -2.91. The third kappa shape index (κ3) is 4.34. The number of benzene rings is 4. The maximum Gasteiger partial charge on any atom is 0.306 e. The van der Waals surface area contributed by atoms with Gasteiger partial charge in [0, 0.05) is 16.7 Å². The summed E-state index contributed by atoms with van der Waals surface area (Å²) in [6.45, 7) is 8.84. The lowest BCUT2D eigenvalue weighted by atomic mass is 9.92. The van der Waals surface area contributed by atoms with E-state index in [9.17, 15) is 4.79 Å². The van der Waals surface area contributed by atoms with E-state index >= 15 is 0 Å². The minimum atomic E-state index is -1.73. The van der Waals surface area contributed by atoms with Gasteiger partial charge in [0.2, 0.25) is 0 Å². The van der Waals surface area contributed by atoms with Crippen LogP contribution < -0.4 is 0 Å². The molecule has 0 aliphatic rings. The Morgan fingerprint density at radius 2 is 1.12 bits per heavy atom. The molecule has 4 aromatic carbocycles. The highest BCUT2D eigenvalue weighted by atomic mass is 28.3. The van der Waals surface area contributed by atoms with Crippen LogP contribution in [-0.2, 0) is 9.53 Å². The van der Waals surface area contributed by atoms with E-state index in [1.54, 1.807) is 0 Å². The molecule has 0 unspecified atom stereocenters. The van der Waals surface area contributed by atoms with Crippen molar-refractivity contribution in [3.8, 4) is 0 Å². The largest absolute Gasteiger partial charge is 0.453 e. The standard InChI is InChI=1S/C30H34O2Si/c1-5-33(6-2,7-3)22(4)30(31)32-29(27-20-12-16-23-14-8-10-18-25(23)27)28-21-13-17-24-15-9-11-19-26(24)28/h8-22,29H,5-7H2,1-4H3/t22-/m1/s1. The van der Waals surface area contributed by atoms with Gasteiger partial charge in [0.05, 0.1) is 8.07 Å². The van der Waals surface area contributed by atoms with Gasteiger partial charge in [0.1, 0.15) is 0 Å². The second kappa shape index (κ2) is 9.92. The van der Waals surface area contributed by atoms with Crippen LogP contribution in [0.1, 0.15) is 44.9 Å². The maximum absolute atomic E-state index is 13.7. The van der Waals surface area contributed by atoms with Crippen molar-refractivity contribution < 1.29 is 9.53 Å². The zero-order valence-electron chi connectivity index (χ0n) is 20.2. The fraction of sp³-hybridized carbons (Fsp3) is 0.300. The third-order valence-corrected chi connectivity index (χ3v) is 14.1. The van der Waals surface area contributed by atoms with Gasteiger partial charge >= 0.3 is 5.97 Å². The Morgan fingerprint density at radius 1 is 0.697 bits per heavy atom. The molecule has 0 fully saturated rings. The second-order valence-corrected chi connectivity index (χ2v) is 14.8. The van der Waals surface area contributed by atoms with Crippen molar-refractivity contribution in [3.63, 3.8) is 0 Å². The molecule has 0 aliphatic heterocycles. The normalized spacial score (nSPS) is 12.9. The molecular weight excluding hydrogens is 420 g/mol. The summed E-state index contributed by atoms with van der Waals surface area (Å²) in [5, 5.41) is 4.57. The molecule has 4 aromatic rings. The van der Waals surface area contributed by atoms with Gasteiger partial charge in [-0.1, -0.05) is 131 Å².